The molecule has 7 heteroatoms. The van der Waals surface area contributed by atoms with Crippen LogP contribution in [0.25, 0.3) is 0 Å². The van der Waals surface area contributed by atoms with E-state index in [0.717, 1.165) is 66.5 Å². The summed E-state index contributed by atoms with van der Waals surface area (Å²) in [4.78, 5) is 15.2. The minimum absolute atomic E-state index is 0.601. The number of pyridine rings is 1. The Kier molecular flexibility index (Phi) is 8.42. The molecule has 0 spiro atoms. The summed E-state index contributed by atoms with van der Waals surface area (Å²) < 4.78 is 7.52. The molecule has 3 heterocycles. The second kappa shape index (κ2) is 11.0. The third-order valence-corrected chi connectivity index (χ3v) is 6.90. The second-order valence-electron chi connectivity index (χ2n) is 7.73. The van der Waals surface area contributed by atoms with Crippen LogP contribution in [0, 0.1) is 6.92 Å². The molecule has 1 N–H and O–H groups in total. The van der Waals surface area contributed by atoms with Gasteiger partial charge < -0.3 is 14.4 Å². The van der Waals surface area contributed by atoms with Crippen molar-refractivity contribution in [1.82, 2.24) is 4.98 Å². The summed E-state index contributed by atoms with van der Waals surface area (Å²) in [7, 11) is 1.92. The van der Waals surface area contributed by atoms with Crippen molar-refractivity contribution in [1.29, 1.82) is 0 Å². The van der Waals surface area contributed by atoms with Crippen LogP contribution in [0.4, 0.5) is 11.5 Å². The van der Waals surface area contributed by atoms with E-state index in [9.17, 15) is 4.79 Å². The van der Waals surface area contributed by atoms with Gasteiger partial charge in [-0.2, -0.15) is 0 Å². The lowest BCUT2D eigenvalue weighted by atomic mass is 9.91. The van der Waals surface area contributed by atoms with Gasteiger partial charge in [0.25, 0.3) is 0 Å². The number of aldehydes is 1. The van der Waals surface area contributed by atoms with Crippen LogP contribution < -0.4 is 9.62 Å². The molecule has 162 valence electrons. The number of ether oxygens (including phenoxy) is 1. The SMILES string of the molecule is CNc1cc(Cl)cc(C2CCOCC2)c1.Cc1cnc(N2CCC(C)S2)cc1C=O. The molecular formula is C23H30ClN3O2S. The first-order valence-corrected chi connectivity index (χ1v) is 11.6. The number of hydrogen-bond acceptors (Lipinski definition) is 6. The van der Waals surface area contributed by atoms with Crippen LogP contribution in [0.2, 0.25) is 5.02 Å². The van der Waals surface area contributed by atoms with Crippen LogP contribution >= 0.6 is 23.5 Å². The van der Waals surface area contributed by atoms with E-state index in [1.807, 2.05) is 26.1 Å². The maximum atomic E-state index is 10.8. The fraction of sp³-hybridized carbons (Fsp3) is 0.478. The van der Waals surface area contributed by atoms with Gasteiger partial charge in [0.1, 0.15) is 5.82 Å². The molecule has 4 rings (SSSR count). The lowest BCUT2D eigenvalue weighted by Gasteiger charge is -2.23. The van der Waals surface area contributed by atoms with Crippen molar-refractivity contribution < 1.29 is 9.53 Å². The van der Waals surface area contributed by atoms with E-state index in [0.29, 0.717) is 11.2 Å². The van der Waals surface area contributed by atoms with Gasteiger partial charge in [-0.25, -0.2) is 4.98 Å². The molecule has 0 radical (unpaired) electrons. The van der Waals surface area contributed by atoms with E-state index in [1.54, 1.807) is 18.1 Å². The Morgan fingerprint density at radius 1 is 1.23 bits per heavy atom. The van der Waals surface area contributed by atoms with E-state index in [4.69, 9.17) is 16.3 Å². The Morgan fingerprint density at radius 3 is 2.63 bits per heavy atom. The normalized spacial score (nSPS) is 19.2. The van der Waals surface area contributed by atoms with Crippen LogP contribution in [0.15, 0.2) is 30.5 Å². The first-order valence-electron chi connectivity index (χ1n) is 10.4. The minimum atomic E-state index is 0.601. The molecule has 2 aliphatic rings. The number of benzene rings is 1. The van der Waals surface area contributed by atoms with Crippen LogP contribution in [0.3, 0.4) is 0 Å². The van der Waals surface area contributed by atoms with Crippen molar-refractivity contribution in [2.45, 2.75) is 44.3 Å². The summed E-state index contributed by atoms with van der Waals surface area (Å²) in [5.41, 5.74) is 4.09. The van der Waals surface area contributed by atoms with Gasteiger partial charge in [-0.05, 0) is 79.4 Å². The summed E-state index contributed by atoms with van der Waals surface area (Å²) in [5, 5.41) is 4.59. The summed E-state index contributed by atoms with van der Waals surface area (Å²) in [5.74, 6) is 1.50. The van der Waals surface area contributed by atoms with E-state index < -0.39 is 0 Å². The highest BCUT2D eigenvalue weighted by Crippen LogP contribution is 2.33. The predicted octanol–water partition coefficient (Wildman–Crippen LogP) is 5.73. The van der Waals surface area contributed by atoms with E-state index in [2.05, 4.69) is 33.7 Å². The molecule has 1 aromatic heterocycles. The van der Waals surface area contributed by atoms with Crippen LogP contribution in [0.1, 0.15) is 53.6 Å². The number of aromatic nitrogens is 1. The molecule has 0 aliphatic carbocycles. The van der Waals surface area contributed by atoms with Crippen LogP contribution in [-0.4, -0.2) is 43.3 Å². The number of aryl methyl sites for hydroxylation is 1. The summed E-state index contributed by atoms with van der Waals surface area (Å²) in [6, 6.07) is 8.07. The highest BCUT2D eigenvalue weighted by molar-refractivity contribution is 8.01. The molecule has 2 aromatic rings. The molecular weight excluding hydrogens is 418 g/mol. The summed E-state index contributed by atoms with van der Waals surface area (Å²) in [6.07, 6.45) is 6.04. The highest BCUT2D eigenvalue weighted by atomic mass is 35.5. The Balaban J connectivity index is 0.000000171. The monoisotopic (exact) mass is 447 g/mol. The van der Waals surface area contributed by atoms with Gasteiger partial charge in [0.2, 0.25) is 0 Å². The number of rotatable bonds is 4. The molecule has 0 saturated carbocycles. The maximum absolute atomic E-state index is 10.8. The number of anilines is 2. The zero-order valence-electron chi connectivity index (χ0n) is 17.9. The van der Waals surface area contributed by atoms with Gasteiger partial charge in [0.05, 0.1) is 0 Å². The molecule has 1 atom stereocenters. The molecule has 5 nitrogen and oxygen atoms in total. The quantitative estimate of drug-likeness (QED) is 0.477. The maximum Gasteiger partial charge on any atom is 0.150 e. The molecule has 2 saturated heterocycles. The third-order valence-electron chi connectivity index (χ3n) is 5.46. The van der Waals surface area contributed by atoms with Crippen molar-refractivity contribution in [3.63, 3.8) is 0 Å². The average Bonchev–Trinajstić information content (AvgIpc) is 3.21. The van der Waals surface area contributed by atoms with E-state index >= 15 is 0 Å². The van der Waals surface area contributed by atoms with Gasteiger partial charge in [0.15, 0.2) is 6.29 Å². The number of carbonyl (C=O) groups excluding carboxylic acids is 1. The number of nitrogens with one attached hydrogen (secondary N) is 1. The molecule has 0 amide bonds. The van der Waals surface area contributed by atoms with E-state index in [1.165, 1.54) is 12.0 Å². The molecule has 2 fully saturated rings. The summed E-state index contributed by atoms with van der Waals surface area (Å²) >= 11 is 7.88. The van der Waals surface area contributed by atoms with Gasteiger partial charge in [-0.1, -0.05) is 18.5 Å². The Labute approximate surface area is 188 Å². The number of nitrogens with zero attached hydrogens (tertiary/aromatic N) is 2. The van der Waals surface area contributed by atoms with Crippen LogP contribution in [-0.2, 0) is 4.74 Å². The summed E-state index contributed by atoms with van der Waals surface area (Å²) in [6.45, 7) is 6.86. The average molecular weight is 448 g/mol. The molecule has 30 heavy (non-hydrogen) atoms. The predicted molar refractivity (Wildman–Crippen MR) is 127 cm³/mol. The van der Waals surface area contributed by atoms with Crippen molar-refractivity contribution in [2.24, 2.45) is 0 Å². The lowest BCUT2D eigenvalue weighted by Crippen LogP contribution is -2.14. The van der Waals surface area contributed by atoms with Gasteiger partial charge in [-0.3, -0.25) is 4.79 Å². The second-order valence-corrected chi connectivity index (χ2v) is 9.63. The van der Waals surface area contributed by atoms with Gasteiger partial charge in [-0.15, -0.1) is 0 Å². The molecule has 1 aromatic carbocycles. The van der Waals surface area contributed by atoms with Gasteiger partial charge >= 0.3 is 0 Å². The first kappa shape index (κ1) is 22.9. The fourth-order valence-corrected chi connectivity index (χ4v) is 4.91. The number of halogens is 1. The largest absolute Gasteiger partial charge is 0.388 e. The Bertz CT molecular complexity index is 858. The number of hydrogen-bond donors (Lipinski definition) is 1. The lowest BCUT2D eigenvalue weighted by molar-refractivity contribution is 0.0853. The minimum Gasteiger partial charge on any atom is -0.388 e. The topological polar surface area (TPSA) is 54.5 Å². The van der Waals surface area contributed by atoms with Crippen molar-refractivity contribution >= 4 is 41.3 Å². The zero-order valence-corrected chi connectivity index (χ0v) is 19.4. The smallest absolute Gasteiger partial charge is 0.150 e. The Hall–Kier alpha value is -1.76. The molecule has 2 aliphatic heterocycles. The first-order chi connectivity index (χ1) is 14.5. The highest BCUT2D eigenvalue weighted by Gasteiger charge is 2.21. The van der Waals surface area contributed by atoms with Crippen molar-refractivity contribution in [2.75, 3.05) is 36.4 Å². The van der Waals surface area contributed by atoms with Crippen LogP contribution in [0.5, 0.6) is 0 Å². The third kappa shape index (κ3) is 6.13. The standard InChI is InChI=1S/C12H16ClNO.C11H14N2OS/c1-14-12-7-10(6-11(13)8-12)9-2-4-15-5-3-9;1-8-6-12-11(5-10(8)7-14)13-4-3-9(2)15-13/h6-9,14H,2-5H2,1H3;5-7,9H,3-4H2,1-2H3. The zero-order chi connectivity index (χ0) is 21.5. The number of carbonyl (C=O) groups is 1. The fourth-order valence-electron chi connectivity index (χ4n) is 3.60. The van der Waals surface area contributed by atoms with Crippen molar-refractivity contribution in [3.05, 3.63) is 52.2 Å². The van der Waals surface area contributed by atoms with Crippen molar-refractivity contribution in [3.8, 4) is 0 Å². The van der Waals surface area contributed by atoms with E-state index in [-0.39, 0.29) is 0 Å². The Morgan fingerprint density at radius 2 is 2.00 bits per heavy atom. The van der Waals surface area contributed by atoms with Gasteiger partial charge in [0, 0.05) is 54.5 Å². The molecule has 0 bridgehead atoms. The molecule has 1 unspecified atom stereocenters.